The van der Waals surface area contributed by atoms with Gasteiger partial charge in [-0.1, -0.05) is 11.6 Å². The van der Waals surface area contributed by atoms with E-state index in [1.807, 2.05) is 6.92 Å². The summed E-state index contributed by atoms with van der Waals surface area (Å²) < 4.78 is 0. The van der Waals surface area contributed by atoms with Gasteiger partial charge in [-0.05, 0) is 49.9 Å². The molecule has 0 aliphatic heterocycles. The Morgan fingerprint density at radius 3 is 2.74 bits per heavy atom. The molecule has 3 aliphatic carbocycles. The molecule has 3 aliphatic rings. The third-order valence-electron chi connectivity index (χ3n) is 5.12. The predicted molar refractivity (Wildman–Crippen MR) is 76.4 cm³/mol. The number of fused-ring (bicyclic) bond motifs is 5. The highest BCUT2D eigenvalue weighted by Gasteiger charge is 2.65. The van der Waals surface area contributed by atoms with Crippen molar-refractivity contribution < 1.29 is 0 Å². The zero-order valence-corrected chi connectivity index (χ0v) is 11.8. The molecule has 19 heavy (non-hydrogen) atoms. The monoisotopic (exact) mass is 278 g/mol. The summed E-state index contributed by atoms with van der Waals surface area (Å²) in [4.78, 5) is 8.65. The minimum atomic E-state index is 0.605. The van der Waals surface area contributed by atoms with Gasteiger partial charge in [-0.2, -0.15) is 4.98 Å². The summed E-state index contributed by atoms with van der Waals surface area (Å²) in [6, 6.07) is 0.605. The number of hydrogen-bond donors (Lipinski definition) is 2. The van der Waals surface area contributed by atoms with Gasteiger partial charge in [0.15, 0.2) is 5.82 Å². The third-order valence-corrected chi connectivity index (χ3v) is 5.39. The summed E-state index contributed by atoms with van der Waals surface area (Å²) in [6.07, 6.45) is 6.02. The number of halogens is 1. The van der Waals surface area contributed by atoms with E-state index in [1.165, 1.54) is 19.3 Å². The molecule has 4 atom stereocenters. The van der Waals surface area contributed by atoms with Crippen molar-refractivity contribution in [3.8, 4) is 0 Å². The minimum Gasteiger partial charge on any atom is -0.365 e. The fourth-order valence-corrected chi connectivity index (χ4v) is 4.53. The molecule has 0 spiro atoms. The Balaban J connectivity index is 1.50. The first-order valence-electron chi connectivity index (χ1n) is 7.31. The predicted octanol–water partition coefficient (Wildman–Crippen LogP) is 3.02. The lowest BCUT2D eigenvalue weighted by Crippen LogP contribution is -2.15. The van der Waals surface area contributed by atoms with Crippen molar-refractivity contribution in [2.45, 2.75) is 32.2 Å². The average Bonchev–Trinajstić information content (AvgIpc) is 2.81. The summed E-state index contributed by atoms with van der Waals surface area (Å²) in [5, 5.41) is 7.32. The number of nitrogens with one attached hydrogen (secondary N) is 2. The second-order valence-corrected chi connectivity index (χ2v) is 6.49. The van der Waals surface area contributed by atoms with Crippen molar-refractivity contribution in [1.29, 1.82) is 0 Å². The molecule has 4 unspecified atom stereocenters. The number of rotatable bonds is 4. The fraction of sp³-hybridized carbons (Fsp3) is 0.714. The van der Waals surface area contributed by atoms with Gasteiger partial charge in [-0.25, -0.2) is 4.98 Å². The quantitative estimate of drug-likeness (QED) is 0.889. The van der Waals surface area contributed by atoms with Crippen molar-refractivity contribution in [1.82, 2.24) is 9.97 Å². The summed E-state index contributed by atoms with van der Waals surface area (Å²) >= 11 is 6.20. The molecule has 1 heterocycles. The summed E-state index contributed by atoms with van der Waals surface area (Å²) in [5.74, 6) is 5.14. The van der Waals surface area contributed by atoms with Gasteiger partial charge in [0.25, 0.3) is 0 Å². The molecular weight excluding hydrogens is 260 g/mol. The number of anilines is 2. The molecule has 2 N–H and O–H groups in total. The minimum absolute atomic E-state index is 0.605. The van der Waals surface area contributed by atoms with Gasteiger partial charge >= 0.3 is 0 Å². The van der Waals surface area contributed by atoms with Crippen molar-refractivity contribution >= 4 is 23.4 Å². The molecule has 0 amide bonds. The van der Waals surface area contributed by atoms with Gasteiger partial charge in [-0.15, -0.1) is 0 Å². The van der Waals surface area contributed by atoms with E-state index in [0.717, 1.165) is 36.0 Å². The molecule has 5 heteroatoms. The van der Waals surface area contributed by atoms with Gasteiger partial charge in [0.05, 0.1) is 6.20 Å². The lowest BCUT2D eigenvalue weighted by atomic mass is 10.0. The van der Waals surface area contributed by atoms with Gasteiger partial charge < -0.3 is 10.6 Å². The highest BCUT2D eigenvalue weighted by molar-refractivity contribution is 6.32. The maximum absolute atomic E-state index is 6.20. The largest absolute Gasteiger partial charge is 0.365 e. The van der Waals surface area contributed by atoms with E-state index in [9.17, 15) is 0 Å². The van der Waals surface area contributed by atoms with E-state index in [2.05, 4.69) is 20.6 Å². The van der Waals surface area contributed by atoms with Crippen molar-refractivity contribution in [3.63, 3.8) is 0 Å². The number of aromatic nitrogens is 2. The highest BCUT2D eigenvalue weighted by atomic mass is 35.5. The van der Waals surface area contributed by atoms with Gasteiger partial charge in [0.2, 0.25) is 5.95 Å². The normalized spacial score (nSPS) is 38.1. The lowest BCUT2D eigenvalue weighted by Gasteiger charge is -2.13. The van der Waals surface area contributed by atoms with Crippen molar-refractivity contribution in [2.75, 3.05) is 17.2 Å². The maximum atomic E-state index is 6.20. The van der Waals surface area contributed by atoms with E-state index < -0.39 is 0 Å². The molecule has 2 bridgehead atoms. The molecule has 3 saturated carbocycles. The fourth-order valence-electron chi connectivity index (χ4n) is 4.39. The molecule has 4 rings (SSSR count). The Labute approximate surface area is 118 Å². The van der Waals surface area contributed by atoms with Crippen LogP contribution in [0.4, 0.5) is 11.8 Å². The first kappa shape index (κ1) is 11.8. The molecule has 0 aromatic carbocycles. The Kier molecular flexibility index (Phi) is 2.62. The molecule has 1 aromatic heterocycles. The van der Waals surface area contributed by atoms with Crippen LogP contribution in [0.3, 0.4) is 0 Å². The van der Waals surface area contributed by atoms with Crippen LogP contribution in [0.5, 0.6) is 0 Å². The lowest BCUT2D eigenvalue weighted by molar-refractivity contribution is 0.456. The summed E-state index contributed by atoms with van der Waals surface area (Å²) in [6.45, 7) is 2.86. The zero-order valence-electron chi connectivity index (χ0n) is 11.1. The topological polar surface area (TPSA) is 49.8 Å². The van der Waals surface area contributed by atoms with Crippen LogP contribution in [0.1, 0.15) is 26.2 Å². The smallest absolute Gasteiger partial charge is 0.224 e. The van der Waals surface area contributed by atoms with Crippen LogP contribution in [-0.2, 0) is 0 Å². The second-order valence-electron chi connectivity index (χ2n) is 6.08. The van der Waals surface area contributed by atoms with Crippen LogP contribution in [0.15, 0.2) is 6.20 Å². The Bertz CT molecular complexity index is 490. The first-order chi connectivity index (χ1) is 9.28. The van der Waals surface area contributed by atoms with Crippen molar-refractivity contribution in [2.24, 2.45) is 23.7 Å². The van der Waals surface area contributed by atoms with E-state index in [4.69, 9.17) is 11.6 Å². The first-order valence-corrected chi connectivity index (χ1v) is 7.68. The van der Waals surface area contributed by atoms with Crippen LogP contribution in [0.2, 0.25) is 5.02 Å². The Morgan fingerprint density at radius 1 is 1.32 bits per heavy atom. The standard InChI is InChI=1S/C14H19ClN4/c1-2-16-14-17-6-9(15)13(19-14)18-12-10-7-3-4-8(5-7)11(10)12/h6-8,10-12H,2-5H2,1H3,(H2,16,17,18,19). The van der Waals surface area contributed by atoms with E-state index in [0.29, 0.717) is 17.0 Å². The van der Waals surface area contributed by atoms with E-state index >= 15 is 0 Å². The van der Waals surface area contributed by atoms with Gasteiger partial charge in [0, 0.05) is 12.6 Å². The van der Waals surface area contributed by atoms with E-state index in [-0.39, 0.29) is 0 Å². The molecule has 3 fully saturated rings. The number of hydrogen-bond acceptors (Lipinski definition) is 4. The molecule has 4 nitrogen and oxygen atoms in total. The van der Waals surface area contributed by atoms with Gasteiger partial charge in [0.1, 0.15) is 5.02 Å². The van der Waals surface area contributed by atoms with Crippen LogP contribution in [0, 0.1) is 23.7 Å². The Morgan fingerprint density at radius 2 is 2.05 bits per heavy atom. The maximum Gasteiger partial charge on any atom is 0.224 e. The molecule has 102 valence electrons. The molecule has 0 saturated heterocycles. The van der Waals surface area contributed by atoms with Crippen LogP contribution >= 0.6 is 11.6 Å². The average molecular weight is 279 g/mol. The molecule has 1 aromatic rings. The molecular formula is C14H19ClN4. The zero-order chi connectivity index (χ0) is 13.0. The van der Waals surface area contributed by atoms with E-state index in [1.54, 1.807) is 6.20 Å². The van der Waals surface area contributed by atoms with Crippen LogP contribution in [-0.4, -0.2) is 22.6 Å². The highest BCUT2D eigenvalue weighted by Crippen LogP contribution is 2.66. The Hall–Kier alpha value is -1.03. The summed E-state index contributed by atoms with van der Waals surface area (Å²) in [5.41, 5.74) is 0. The third kappa shape index (κ3) is 1.80. The summed E-state index contributed by atoms with van der Waals surface area (Å²) in [7, 11) is 0. The van der Waals surface area contributed by atoms with Crippen LogP contribution < -0.4 is 10.6 Å². The number of nitrogens with zero attached hydrogens (tertiary/aromatic N) is 2. The second kappa shape index (κ2) is 4.23. The van der Waals surface area contributed by atoms with Crippen LogP contribution in [0.25, 0.3) is 0 Å². The van der Waals surface area contributed by atoms with Gasteiger partial charge in [-0.3, -0.25) is 0 Å². The SMILES string of the molecule is CCNc1ncc(Cl)c(NC2C3C4CCC(C4)C23)n1. The van der Waals surface area contributed by atoms with Crippen molar-refractivity contribution in [3.05, 3.63) is 11.2 Å². The molecule has 0 radical (unpaired) electrons.